The van der Waals surface area contributed by atoms with E-state index < -0.39 is 0 Å². The van der Waals surface area contributed by atoms with E-state index in [-0.39, 0.29) is 0 Å². The molecule has 0 spiro atoms. The van der Waals surface area contributed by atoms with E-state index in [0.717, 1.165) is 35.6 Å². The number of rotatable bonds is 4. The van der Waals surface area contributed by atoms with Crippen LogP contribution < -0.4 is 5.73 Å². The van der Waals surface area contributed by atoms with E-state index in [0.29, 0.717) is 12.4 Å². The van der Waals surface area contributed by atoms with Crippen LogP contribution in [0.1, 0.15) is 24.9 Å². The number of imidazole rings is 1. The van der Waals surface area contributed by atoms with Crippen LogP contribution in [0.25, 0.3) is 11.3 Å². The molecule has 2 N–H and O–H groups in total. The van der Waals surface area contributed by atoms with Crippen LogP contribution in [-0.2, 0) is 13.0 Å². The maximum absolute atomic E-state index is 6.17. The largest absolute Gasteiger partial charge is 0.383 e. The molecule has 4 heteroatoms. The van der Waals surface area contributed by atoms with Crippen molar-refractivity contribution in [3.8, 4) is 23.6 Å². The van der Waals surface area contributed by atoms with Gasteiger partial charge in [0.1, 0.15) is 17.3 Å². The van der Waals surface area contributed by atoms with Crippen LogP contribution >= 0.6 is 0 Å². The van der Waals surface area contributed by atoms with Crippen LogP contribution in [0.5, 0.6) is 0 Å². The second kappa shape index (κ2) is 5.57. The normalized spacial score (nSPS) is 10.4. The molecule has 98 valence electrons. The van der Waals surface area contributed by atoms with Crippen LogP contribution in [0.3, 0.4) is 0 Å². The fourth-order valence-corrected chi connectivity index (χ4v) is 2.02. The van der Waals surface area contributed by atoms with Gasteiger partial charge >= 0.3 is 0 Å². The highest BCUT2D eigenvalue weighted by atomic mass is 15.1. The lowest BCUT2D eigenvalue weighted by atomic mass is 10.2. The van der Waals surface area contributed by atoms with Crippen LogP contribution in [0.4, 0.5) is 5.82 Å². The zero-order chi connectivity index (χ0) is 13.8. The molecule has 0 saturated heterocycles. The summed E-state index contributed by atoms with van der Waals surface area (Å²) in [5.74, 6) is 4.18. The molecule has 0 aliphatic heterocycles. The van der Waals surface area contributed by atoms with Gasteiger partial charge in [0.25, 0.3) is 0 Å². The van der Waals surface area contributed by atoms with Gasteiger partial charge in [-0.1, -0.05) is 12.8 Å². The summed E-state index contributed by atoms with van der Waals surface area (Å²) < 4.78 is 1.90. The molecule has 2 rings (SSSR count). The van der Waals surface area contributed by atoms with Gasteiger partial charge < -0.3 is 10.3 Å². The highest BCUT2D eigenvalue weighted by Gasteiger charge is 2.15. The van der Waals surface area contributed by atoms with Gasteiger partial charge in [-0.2, -0.15) is 0 Å². The van der Waals surface area contributed by atoms with Crippen LogP contribution in [0.2, 0.25) is 0 Å². The molecule has 0 bridgehead atoms. The predicted octanol–water partition coefficient (Wildman–Crippen LogP) is 2.42. The lowest BCUT2D eigenvalue weighted by Crippen LogP contribution is -2.06. The third kappa shape index (κ3) is 2.60. The van der Waals surface area contributed by atoms with E-state index >= 15 is 0 Å². The number of aryl methyl sites for hydroxylation is 2. The van der Waals surface area contributed by atoms with Crippen LogP contribution in [0.15, 0.2) is 18.3 Å². The molecule has 0 fully saturated rings. The lowest BCUT2D eigenvalue weighted by Gasteiger charge is -2.04. The Morgan fingerprint density at radius 3 is 2.79 bits per heavy atom. The van der Waals surface area contributed by atoms with Crippen molar-refractivity contribution in [2.75, 3.05) is 5.73 Å². The minimum absolute atomic E-state index is 0.452. The molecule has 2 heterocycles. The first-order valence-corrected chi connectivity index (χ1v) is 6.38. The van der Waals surface area contributed by atoms with Gasteiger partial charge in [0.15, 0.2) is 0 Å². The Morgan fingerprint density at radius 1 is 1.42 bits per heavy atom. The number of terminal acetylenes is 1. The Bertz CT molecular complexity index is 602. The van der Waals surface area contributed by atoms with Crippen molar-refractivity contribution >= 4 is 5.82 Å². The quantitative estimate of drug-likeness (QED) is 0.852. The molecule has 0 saturated carbocycles. The van der Waals surface area contributed by atoms with Crippen molar-refractivity contribution in [2.24, 2.45) is 0 Å². The van der Waals surface area contributed by atoms with Crippen LogP contribution in [-0.4, -0.2) is 14.5 Å². The molecule has 19 heavy (non-hydrogen) atoms. The number of hydrogen-bond acceptors (Lipinski definition) is 3. The van der Waals surface area contributed by atoms with Crippen molar-refractivity contribution in [3.05, 3.63) is 29.8 Å². The molecule has 0 aliphatic rings. The van der Waals surface area contributed by atoms with E-state index in [2.05, 4.69) is 22.8 Å². The molecule has 0 radical (unpaired) electrons. The SMILES string of the molecule is C#CCn1c(CCC)nc(-c2ccc(C)nc2)c1N. The Morgan fingerprint density at radius 2 is 2.21 bits per heavy atom. The molecule has 0 atom stereocenters. The number of nitrogens with zero attached hydrogens (tertiary/aromatic N) is 3. The zero-order valence-corrected chi connectivity index (χ0v) is 11.3. The van der Waals surface area contributed by atoms with E-state index in [1.54, 1.807) is 6.20 Å². The fraction of sp³-hybridized carbons (Fsp3) is 0.333. The van der Waals surface area contributed by atoms with Crippen molar-refractivity contribution in [1.82, 2.24) is 14.5 Å². The molecule has 0 aliphatic carbocycles. The monoisotopic (exact) mass is 254 g/mol. The summed E-state index contributed by atoms with van der Waals surface area (Å²) in [6, 6.07) is 3.94. The molecule has 0 aromatic carbocycles. The van der Waals surface area contributed by atoms with Crippen molar-refractivity contribution in [1.29, 1.82) is 0 Å². The Labute approximate surface area is 113 Å². The molecule has 0 unspecified atom stereocenters. The zero-order valence-electron chi connectivity index (χ0n) is 11.3. The smallest absolute Gasteiger partial charge is 0.132 e. The van der Waals surface area contributed by atoms with Crippen molar-refractivity contribution in [3.63, 3.8) is 0 Å². The van der Waals surface area contributed by atoms with E-state index in [9.17, 15) is 0 Å². The summed E-state index contributed by atoms with van der Waals surface area (Å²) in [6.07, 6.45) is 9.06. The molecule has 2 aromatic rings. The van der Waals surface area contributed by atoms with Gasteiger partial charge in [-0.05, 0) is 25.5 Å². The number of aromatic nitrogens is 3. The molecular weight excluding hydrogens is 236 g/mol. The summed E-state index contributed by atoms with van der Waals surface area (Å²) in [5.41, 5.74) is 8.84. The lowest BCUT2D eigenvalue weighted by molar-refractivity contribution is 0.733. The van der Waals surface area contributed by atoms with E-state index in [1.807, 2.05) is 23.6 Å². The average Bonchev–Trinajstić information content (AvgIpc) is 2.70. The van der Waals surface area contributed by atoms with Crippen molar-refractivity contribution < 1.29 is 0 Å². The maximum Gasteiger partial charge on any atom is 0.132 e. The first-order valence-electron chi connectivity index (χ1n) is 6.38. The second-order valence-corrected chi connectivity index (χ2v) is 4.49. The maximum atomic E-state index is 6.17. The summed E-state index contributed by atoms with van der Waals surface area (Å²) in [7, 11) is 0. The summed E-state index contributed by atoms with van der Waals surface area (Å²) >= 11 is 0. The topological polar surface area (TPSA) is 56.7 Å². The third-order valence-electron chi connectivity index (χ3n) is 2.99. The van der Waals surface area contributed by atoms with Gasteiger partial charge in [-0.15, -0.1) is 6.42 Å². The third-order valence-corrected chi connectivity index (χ3v) is 2.99. The Hall–Kier alpha value is -2.28. The van der Waals surface area contributed by atoms with Gasteiger partial charge in [-0.25, -0.2) is 4.98 Å². The molecule has 0 amide bonds. The minimum Gasteiger partial charge on any atom is -0.383 e. The summed E-state index contributed by atoms with van der Waals surface area (Å²) in [5, 5.41) is 0. The number of hydrogen-bond donors (Lipinski definition) is 1. The molecular formula is C15H18N4. The highest BCUT2D eigenvalue weighted by Crippen LogP contribution is 2.26. The molecule has 4 nitrogen and oxygen atoms in total. The number of nitrogen functional groups attached to an aromatic ring is 1. The van der Waals surface area contributed by atoms with E-state index in [4.69, 9.17) is 12.2 Å². The standard InChI is InChI=1S/C15H18N4/c1-4-6-13-18-14(15(16)19(13)9-5-2)12-8-7-11(3)17-10-12/h2,7-8,10H,4,6,9,16H2,1,3H3. The first kappa shape index (κ1) is 13.2. The first-order chi connectivity index (χ1) is 9.17. The molecule has 2 aromatic heterocycles. The number of anilines is 1. The van der Waals surface area contributed by atoms with Crippen molar-refractivity contribution in [2.45, 2.75) is 33.2 Å². The van der Waals surface area contributed by atoms with Gasteiger partial charge in [-0.3, -0.25) is 4.98 Å². The number of pyridine rings is 1. The van der Waals surface area contributed by atoms with Gasteiger partial charge in [0, 0.05) is 23.9 Å². The average molecular weight is 254 g/mol. The summed E-state index contributed by atoms with van der Waals surface area (Å²) in [4.78, 5) is 8.90. The predicted molar refractivity (Wildman–Crippen MR) is 77.4 cm³/mol. The Kier molecular flexibility index (Phi) is 3.86. The number of nitrogens with two attached hydrogens (primary N) is 1. The van der Waals surface area contributed by atoms with Crippen LogP contribution in [0, 0.1) is 19.3 Å². The highest BCUT2D eigenvalue weighted by molar-refractivity contribution is 5.70. The van der Waals surface area contributed by atoms with Gasteiger partial charge in [0.05, 0.1) is 6.54 Å². The summed E-state index contributed by atoms with van der Waals surface area (Å²) in [6.45, 7) is 4.51. The van der Waals surface area contributed by atoms with E-state index in [1.165, 1.54) is 0 Å². The minimum atomic E-state index is 0.452. The van der Waals surface area contributed by atoms with Gasteiger partial charge in [0.2, 0.25) is 0 Å². The second-order valence-electron chi connectivity index (χ2n) is 4.49. The fourth-order valence-electron chi connectivity index (χ4n) is 2.02. The Balaban J connectivity index is 2.49.